The fraction of sp³-hybridized carbons (Fsp3) is 1.00. The zero-order chi connectivity index (χ0) is 7.78. The van der Waals surface area contributed by atoms with Crippen molar-refractivity contribution in [2.24, 2.45) is 5.41 Å². The number of hydrogen-bond donors (Lipinski definition) is 1. The van der Waals surface area contributed by atoms with Gasteiger partial charge in [0.25, 0.3) is 0 Å². The Morgan fingerprint density at radius 2 is 2.00 bits per heavy atom. The first kappa shape index (κ1) is 8.02. The van der Waals surface area contributed by atoms with Crippen LogP contribution in [0.3, 0.4) is 0 Å². The first-order chi connectivity index (χ1) is 4.54. The molecule has 0 bridgehead atoms. The van der Waals surface area contributed by atoms with E-state index in [0.717, 1.165) is 13.1 Å². The minimum absolute atomic E-state index is 0.448. The summed E-state index contributed by atoms with van der Waals surface area (Å²) in [5.74, 6) is 0. The summed E-state index contributed by atoms with van der Waals surface area (Å²) in [6.45, 7) is 6.92. The molecule has 0 aromatic carbocycles. The largest absolute Gasteiger partial charge is 0.315 e. The molecule has 0 aromatic heterocycles. The van der Waals surface area contributed by atoms with Crippen molar-refractivity contribution in [1.82, 2.24) is 10.2 Å². The summed E-state index contributed by atoms with van der Waals surface area (Å²) in [6, 6.07) is 0.701. The van der Waals surface area contributed by atoms with Crippen LogP contribution >= 0.6 is 0 Å². The summed E-state index contributed by atoms with van der Waals surface area (Å²) >= 11 is 0. The molecule has 1 saturated heterocycles. The van der Waals surface area contributed by atoms with Crippen LogP contribution in [-0.2, 0) is 0 Å². The molecule has 0 amide bonds. The van der Waals surface area contributed by atoms with Gasteiger partial charge in [-0.3, -0.25) is 0 Å². The van der Waals surface area contributed by atoms with Gasteiger partial charge in [-0.25, -0.2) is 0 Å². The molecular formula is C8H18N2. The Morgan fingerprint density at radius 3 is 2.20 bits per heavy atom. The molecule has 0 radical (unpaired) electrons. The summed E-state index contributed by atoms with van der Waals surface area (Å²) in [7, 11) is 4.30. The van der Waals surface area contributed by atoms with Crippen LogP contribution in [0.5, 0.6) is 0 Å². The highest BCUT2D eigenvalue weighted by atomic mass is 15.2. The fourth-order valence-electron chi connectivity index (χ4n) is 1.81. The van der Waals surface area contributed by atoms with Crippen molar-refractivity contribution in [2.75, 3.05) is 27.2 Å². The standard InChI is InChI=1S/C8H18N2/c1-8(2)6-9-5-7(8)10(3)4/h7,9H,5-6H2,1-4H3. The Bertz CT molecular complexity index is 118. The van der Waals surface area contributed by atoms with E-state index >= 15 is 0 Å². The summed E-state index contributed by atoms with van der Waals surface area (Å²) in [5, 5.41) is 3.40. The van der Waals surface area contributed by atoms with Gasteiger partial charge in [0.05, 0.1) is 0 Å². The molecule has 0 aromatic rings. The first-order valence-corrected chi connectivity index (χ1v) is 3.91. The van der Waals surface area contributed by atoms with E-state index in [4.69, 9.17) is 0 Å². The van der Waals surface area contributed by atoms with Gasteiger partial charge in [-0.2, -0.15) is 0 Å². The minimum atomic E-state index is 0.448. The number of likely N-dealkylation sites (N-methyl/N-ethyl adjacent to an activating group) is 1. The molecule has 10 heavy (non-hydrogen) atoms. The molecule has 2 nitrogen and oxygen atoms in total. The second-order valence-corrected chi connectivity index (χ2v) is 4.10. The SMILES string of the molecule is CN(C)C1CNCC1(C)C. The number of nitrogens with one attached hydrogen (secondary N) is 1. The van der Waals surface area contributed by atoms with Gasteiger partial charge < -0.3 is 10.2 Å². The third kappa shape index (κ3) is 1.32. The molecular weight excluding hydrogens is 124 g/mol. The lowest BCUT2D eigenvalue weighted by molar-refractivity contribution is 0.188. The number of rotatable bonds is 1. The van der Waals surface area contributed by atoms with Crippen LogP contribution in [0.15, 0.2) is 0 Å². The number of hydrogen-bond acceptors (Lipinski definition) is 2. The van der Waals surface area contributed by atoms with E-state index in [2.05, 4.69) is 38.2 Å². The monoisotopic (exact) mass is 142 g/mol. The zero-order valence-electron chi connectivity index (χ0n) is 7.44. The molecule has 1 rings (SSSR count). The minimum Gasteiger partial charge on any atom is -0.315 e. The average Bonchev–Trinajstić information content (AvgIpc) is 2.08. The predicted octanol–water partition coefficient (Wildman–Crippen LogP) is 0.546. The Balaban J connectivity index is 2.59. The molecule has 2 heteroatoms. The van der Waals surface area contributed by atoms with E-state index in [1.165, 1.54) is 0 Å². The van der Waals surface area contributed by atoms with E-state index in [1.807, 2.05) is 0 Å². The van der Waals surface area contributed by atoms with Gasteiger partial charge in [-0.15, -0.1) is 0 Å². The smallest absolute Gasteiger partial charge is 0.0277 e. The lowest BCUT2D eigenvalue weighted by atomic mass is 9.87. The Morgan fingerprint density at radius 1 is 1.40 bits per heavy atom. The van der Waals surface area contributed by atoms with Crippen molar-refractivity contribution in [2.45, 2.75) is 19.9 Å². The lowest BCUT2D eigenvalue weighted by Gasteiger charge is -2.31. The summed E-state index contributed by atoms with van der Waals surface area (Å²) in [6.07, 6.45) is 0. The van der Waals surface area contributed by atoms with E-state index in [0.29, 0.717) is 11.5 Å². The Hall–Kier alpha value is -0.0800. The maximum Gasteiger partial charge on any atom is 0.0277 e. The van der Waals surface area contributed by atoms with Crippen LogP contribution < -0.4 is 5.32 Å². The van der Waals surface area contributed by atoms with E-state index in [-0.39, 0.29) is 0 Å². The lowest BCUT2D eigenvalue weighted by Crippen LogP contribution is -2.39. The molecule has 0 spiro atoms. The maximum absolute atomic E-state index is 3.40. The second-order valence-electron chi connectivity index (χ2n) is 4.10. The molecule has 1 N–H and O–H groups in total. The highest BCUT2D eigenvalue weighted by Gasteiger charge is 2.35. The van der Waals surface area contributed by atoms with Gasteiger partial charge in [0.2, 0.25) is 0 Å². The average molecular weight is 142 g/mol. The molecule has 1 unspecified atom stereocenters. The molecule has 60 valence electrons. The van der Waals surface area contributed by atoms with Crippen molar-refractivity contribution in [3.8, 4) is 0 Å². The van der Waals surface area contributed by atoms with Crippen LogP contribution in [0.25, 0.3) is 0 Å². The zero-order valence-corrected chi connectivity index (χ0v) is 7.44. The maximum atomic E-state index is 3.40. The number of nitrogens with zero attached hydrogens (tertiary/aromatic N) is 1. The molecule has 1 atom stereocenters. The molecule has 0 saturated carbocycles. The highest BCUT2D eigenvalue weighted by Crippen LogP contribution is 2.26. The Labute approximate surface area is 63.6 Å². The fourth-order valence-corrected chi connectivity index (χ4v) is 1.81. The predicted molar refractivity (Wildman–Crippen MR) is 44.1 cm³/mol. The second kappa shape index (κ2) is 2.51. The van der Waals surface area contributed by atoms with Crippen molar-refractivity contribution in [3.05, 3.63) is 0 Å². The van der Waals surface area contributed by atoms with E-state index in [9.17, 15) is 0 Å². The summed E-state index contributed by atoms with van der Waals surface area (Å²) < 4.78 is 0. The molecule has 1 aliphatic rings. The Kier molecular flexibility index (Phi) is 2.02. The third-order valence-electron chi connectivity index (χ3n) is 2.44. The van der Waals surface area contributed by atoms with Gasteiger partial charge in [0, 0.05) is 19.1 Å². The molecule has 1 fully saturated rings. The van der Waals surface area contributed by atoms with Gasteiger partial charge in [-0.1, -0.05) is 13.8 Å². The normalized spacial score (nSPS) is 31.5. The van der Waals surface area contributed by atoms with Crippen LogP contribution in [0, 0.1) is 5.41 Å². The quantitative estimate of drug-likeness (QED) is 0.575. The van der Waals surface area contributed by atoms with Crippen molar-refractivity contribution >= 4 is 0 Å². The highest BCUT2D eigenvalue weighted by molar-refractivity contribution is 4.93. The summed E-state index contributed by atoms with van der Waals surface area (Å²) in [5.41, 5.74) is 0.448. The molecule has 0 aliphatic carbocycles. The molecule has 1 aliphatic heterocycles. The third-order valence-corrected chi connectivity index (χ3v) is 2.44. The topological polar surface area (TPSA) is 15.3 Å². The van der Waals surface area contributed by atoms with Gasteiger partial charge in [-0.05, 0) is 19.5 Å². The van der Waals surface area contributed by atoms with Crippen molar-refractivity contribution in [1.29, 1.82) is 0 Å². The van der Waals surface area contributed by atoms with Crippen molar-refractivity contribution < 1.29 is 0 Å². The molecule has 1 heterocycles. The van der Waals surface area contributed by atoms with E-state index in [1.54, 1.807) is 0 Å². The van der Waals surface area contributed by atoms with Gasteiger partial charge in [0.15, 0.2) is 0 Å². The first-order valence-electron chi connectivity index (χ1n) is 3.91. The van der Waals surface area contributed by atoms with Crippen molar-refractivity contribution in [3.63, 3.8) is 0 Å². The summed E-state index contributed by atoms with van der Waals surface area (Å²) in [4.78, 5) is 2.31. The van der Waals surface area contributed by atoms with Gasteiger partial charge in [0.1, 0.15) is 0 Å². The van der Waals surface area contributed by atoms with Crippen LogP contribution in [-0.4, -0.2) is 38.1 Å². The van der Waals surface area contributed by atoms with Gasteiger partial charge >= 0.3 is 0 Å². The van der Waals surface area contributed by atoms with Crippen LogP contribution in [0.2, 0.25) is 0 Å². The van der Waals surface area contributed by atoms with Crippen LogP contribution in [0.1, 0.15) is 13.8 Å². The van der Waals surface area contributed by atoms with E-state index < -0.39 is 0 Å². The van der Waals surface area contributed by atoms with Crippen LogP contribution in [0.4, 0.5) is 0 Å².